The van der Waals surface area contributed by atoms with E-state index in [1.807, 2.05) is 18.2 Å². The molecular weight excluding hydrogens is 302 g/mol. The Kier molecular flexibility index (Phi) is 4.02. The third kappa shape index (κ3) is 3.20. The molecule has 0 spiro atoms. The first-order chi connectivity index (χ1) is 8.19. The van der Waals surface area contributed by atoms with Crippen molar-refractivity contribution in [3.05, 3.63) is 51.6 Å². The van der Waals surface area contributed by atoms with Crippen LogP contribution >= 0.6 is 27.5 Å². The Morgan fingerprint density at radius 3 is 2.88 bits per heavy atom. The van der Waals surface area contributed by atoms with E-state index in [0.29, 0.717) is 10.9 Å². The zero-order valence-electron chi connectivity index (χ0n) is 9.28. The number of aryl methyl sites for hydroxylation is 1. The maximum atomic E-state index is 6.04. The monoisotopic (exact) mass is 311 g/mol. The number of hydrogen-bond acceptors (Lipinski definition) is 2. The normalized spacial score (nSPS) is 10.3. The molecule has 0 unspecified atom stereocenters. The van der Waals surface area contributed by atoms with Crippen LogP contribution in [0.3, 0.4) is 0 Å². The molecular formula is C13H11BrClNO. The summed E-state index contributed by atoms with van der Waals surface area (Å²) in [7, 11) is 0. The molecule has 17 heavy (non-hydrogen) atoms. The highest BCUT2D eigenvalue weighted by molar-refractivity contribution is 9.10. The van der Waals surface area contributed by atoms with Gasteiger partial charge in [-0.15, -0.1) is 0 Å². The van der Waals surface area contributed by atoms with E-state index in [0.717, 1.165) is 16.6 Å². The van der Waals surface area contributed by atoms with Crippen LogP contribution < -0.4 is 4.74 Å². The van der Waals surface area contributed by atoms with Crippen LogP contribution in [-0.4, -0.2) is 4.98 Å². The molecule has 1 aromatic carbocycles. The minimum Gasteiger partial charge on any atom is -0.438 e. The molecule has 0 saturated heterocycles. The lowest BCUT2D eigenvalue weighted by Crippen LogP contribution is -1.90. The van der Waals surface area contributed by atoms with Crippen molar-refractivity contribution in [2.75, 3.05) is 0 Å². The average molecular weight is 313 g/mol. The van der Waals surface area contributed by atoms with Crippen LogP contribution in [-0.2, 0) is 6.42 Å². The summed E-state index contributed by atoms with van der Waals surface area (Å²) in [6.07, 6.45) is 2.63. The molecule has 2 aromatic rings. The van der Waals surface area contributed by atoms with E-state index in [1.165, 1.54) is 5.56 Å². The maximum absolute atomic E-state index is 6.04. The van der Waals surface area contributed by atoms with Gasteiger partial charge in [-0.25, -0.2) is 4.98 Å². The first-order valence-corrected chi connectivity index (χ1v) is 6.44. The van der Waals surface area contributed by atoms with Gasteiger partial charge in [0.05, 0.1) is 0 Å². The first kappa shape index (κ1) is 12.4. The predicted molar refractivity (Wildman–Crippen MR) is 72.8 cm³/mol. The Morgan fingerprint density at radius 2 is 2.18 bits per heavy atom. The van der Waals surface area contributed by atoms with E-state index in [-0.39, 0.29) is 0 Å². The maximum Gasteiger partial charge on any atom is 0.238 e. The van der Waals surface area contributed by atoms with Gasteiger partial charge in [-0.3, -0.25) is 0 Å². The number of nitrogens with zero attached hydrogens (tertiary/aromatic N) is 1. The van der Waals surface area contributed by atoms with Gasteiger partial charge in [0, 0.05) is 10.7 Å². The Labute approximate surface area is 114 Å². The summed E-state index contributed by atoms with van der Waals surface area (Å²) in [5, 5.41) is 0.487. The SMILES string of the molecule is CCc1cccc(Oc2ncc(Br)cc2Cl)c1. The number of rotatable bonds is 3. The summed E-state index contributed by atoms with van der Waals surface area (Å²) < 4.78 is 6.47. The smallest absolute Gasteiger partial charge is 0.238 e. The molecule has 0 aliphatic rings. The molecule has 88 valence electrons. The van der Waals surface area contributed by atoms with Gasteiger partial charge < -0.3 is 4.74 Å². The molecule has 0 N–H and O–H groups in total. The van der Waals surface area contributed by atoms with Crippen molar-refractivity contribution in [1.29, 1.82) is 0 Å². The van der Waals surface area contributed by atoms with Gasteiger partial charge in [-0.05, 0) is 46.1 Å². The molecule has 2 rings (SSSR count). The molecule has 0 aliphatic carbocycles. The van der Waals surface area contributed by atoms with Crippen molar-refractivity contribution in [3.8, 4) is 11.6 Å². The predicted octanol–water partition coefficient (Wildman–Crippen LogP) is 4.85. The molecule has 0 atom stereocenters. The highest BCUT2D eigenvalue weighted by atomic mass is 79.9. The fraction of sp³-hybridized carbons (Fsp3) is 0.154. The number of ether oxygens (including phenoxy) is 1. The lowest BCUT2D eigenvalue weighted by atomic mass is 10.2. The van der Waals surface area contributed by atoms with Crippen molar-refractivity contribution in [1.82, 2.24) is 4.98 Å². The molecule has 0 aliphatic heterocycles. The topological polar surface area (TPSA) is 22.1 Å². The lowest BCUT2D eigenvalue weighted by Gasteiger charge is -2.07. The molecule has 0 radical (unpaired) electrons. The molecule has 1 heterocycles. The van der Waals surface area contributed by atoms with Crippen LogP contribution in [0.1, 0.15) is 12.5 Å². The Hall–Kier alpha value is -1.06. The molecule has 0 bridgehead atoms. The molecule has 1 aromatic heterocycles. The third-order valence-corrected chi connectivity index (χ3v) is 3.00. The van der Waals surface area contributed by atoms with Gasteiger partial charge in [0.15, 0.2) is 0 Å². The van der Waals surface area contributed by atoms with Gasteiger partial charge in [0.2, 0.25) is 5.88 Å². The fourth-order valence-electron chi connectivity index (χ4n) is 1.42. The van der Waals surface area contributed by atoms with Crippen LogP contribution in [0.2, 0.25) is 5.02 Å². The van der Waals surface area contributed by atoms with E-state index in [2.05, 4.69) is 33.9 Å². The summed E-state index contributed by atoms with van der Waals surface area (Å²) in [6, 6.07) is 9.65. The number of pyridine rings is 1. The summed E-state index contributed by atoms with van der Waals surface area (Å²) >= 11 is 9.34. The summed E-state index contributed by atoms with van der Waals surface area (Å²) in [4.78, 5) is 4.13. The summed E-state index contributed by atoms with van der Waals surface area (Å²) in [6.45, 7) is 2.10. The molecule has 4 heteroatoms. The minimum absolute atomic E-state index is 0.420. The number of halogens is 2. The Morgan fingerprint density at radius 1 is 1.35 bits per heavy atom. The standard InChI is InChI=1S/C13H11BrClNO/c1-2-9-4-3-5-11(6-9)17-13-12(15)7-10(14)8-16-13/h3-8H,2H2,1H3. The molecule has 0 saturated carbocycles. The van der Waals surface area contributed by atoms with Crippen LogP contribution in [0, 0.1) is 0 Å². The van der Waals surface area contributed by atoms with Crippen LogP contribution in [0.4, 0.5) is 0 Å². The summed E-state index contributed by atoms with van der Waals surface area (Å²) in [5.41, 5.74) is 1.22. The largest absolute Gasteiger partial charge is 0.438 e. The zero-order valence-corrected chi connectivity index (χ0v) is 11.6. The number of benzene rings is 1. The minimum atomic E-state index is 0.420. The second-order valence-electron chi connectivity index (χ2n) is 3.54. The van der Waals surface area contributed by atoms with Gasteiger partial charge in [-0.1, -0.05) is 30.7 Å². The van der Waals surface area contributed by atoms with Crippen LogP contribution in [0.5, 0.6) is 11.6 Å². The third-order valence-electron chi connectivity index (χ3n) is 2.30. The van der Waals surface area contributed by atoms with Gasteiger partial charge >= 0.3 is 0 Å². The number of hydrogen-bond donors (Lipinski definition) is 0. The first-order valence-electron chi connectivity index (χ1n) is 5.27. The van der Waals surface area contributed by atoms with Crippen molar-refractivity contribution in [2.45, 2.75) is 13.3 Å². The van der Waals surface area contributed by atoms with Gasteiger partial charge in [-0.2, -0.15) is 0 Å². The van der Waals surface area contributed by atoms with Crippen LogP contribution in [0.15, 0.2) is 41.0 Å². The van der Waals surface area contributed by atoms with Gasteiger partial charge in [0.25, 0.3) is 0 Å². The molecule has 0 amide bonds. The zero-order chi connectivity index (χ0) is 12.3. The van der Waals surface area contributed by atoms with Crippen molar-refractivity contribution < 1.29 is 4.74 Å². The van der Waals surface area contributed by atoms with Crippen molar-refractivity contribution >= 4 is 27.5 Å². The van der Waals surface area contributed by atoms with E-state index in [4.69, 9.17) is 16.3 Å². The number of aromatic nitrogens is 1. The van der Waals surface area contributed by atoms with Crippen LogP contribution in [0.25, 0.3) is 0 Å². The highest BCUT2D eigenvalue weighted by Crippen LogP contribution is 2.29. The Balaban J connectivity index is 2.25. The average Bonchev–Trinajstić information content (AvgIpc) is 2.33. The summed E-state index contributed by atoms with van der Waals surface area (Å²) in [5.74, 6) is 1.17. The van der Waals surface area contributed by atoms with E-state index >= 15 is 0 Å². The van der Waals surface area contributed by atoms with Gasteiger partial charge in [0.1, 0.15) is 10.8 Å². The van der Waals surface area contributed by atoms with Crippen molar-refractivity contribution in [3.63, 3.8) is 0 Å². The quantitative estimate of drug-likeness (QED) is 0.808. The Bertz CT molecular complexity index is 531. The second kappa shape index (κ2) is 5.52. The second-order valence-corrected chi connectivity index (χ2v) is 4.87. The highest BCUT2D eigenvalue weighted by Gasteiger charge is 2.05. The van der Waals surface area contributed by atoms with E-state index in [9.17, 15) is 0 Å². The molecule has 0 fully saturated rings. The van der Waals surface area contributed by atoms with E-state index < -0.39 is 0 Å². The van der Waals surface area contributed by atoms with E-state index in [1.54, 1.807) is 12.3 Å². The van der Waals surface area contributed by atoms with Crippen molar-refractivity contribution in [2.24, 2.45) is 0 Å². The fourth-order valence-corrected chi connectivity index (χ4v) is 2.09. The lowest BCUT2D eigenvalue weighted by molar-refractivity contribution is 0.462. The molecule has 2 nitrogen and oxygen atoms in total.